The Labute approximate surface area is 105 Å². The number of anilines is 1. The first-order chi connectivity index (χ1) is 8.51. The van der Waals surface area contributed by atoms with E-state index in [4.69, 9.17) is 4.74 Å². The van der Waals surface area contributed by atoms with E-state index in [-0.39, 0.29) is 17.5 Å². The first-order valence-electron chi connectivity index (χ1n) is 5.64. The van der Waals surface area contributed by atoms with Gasteiger partial charge in [-0.3, -0.25) is 9.59 Å². The molecular formula is C11H18N4O3. The van der Waals surface area contributed by atoms with Crippen molar-refractivity contribution in [1.82, 2.24) is 14.9 Å². The van der Waals surface area contributed by atoms with Crippen LogP contribution in [0, 0.1) is 0 Å². The molecule has 1 amide bonds. The number of hydrogen-bond donors (Lipinski definition) is 2. The minimum Gasteiger partial charge on any atom is -0.489 e. The molecule has 0 radical (unpaired) electrons. The molecule has 100 valence electrons. The van der Waals surface area contributed by atoms with Crippen molar-refractivity contribution in [3.05, 3.63) is 16.7 Å². The molecule has 0 bridgehead atoms. The average Bonchev–Trinajstić information content (AvgIpc) is 2.37. The second kappa shape index (κ2) is 6.04. The Hall–Kier alpha value is -2.05. The fourth-order valence-electron chi connectivity index (χ4n) is 1.43. The van der Waals surface area contributed by atoms with E-state index < -0.39 is 11.6 Å². The number of H-pyrrole nitrogens is 1. The summed E-state index contributed by atoms with van der Waals surface area (Å²) in [6.07, 6.45) is 1.26. The molecule has 0 saturated carbocycles. The van der Waals surface area contributed by atoms with E-state index in [1.165, 1.54) is 13.4 Å². The molecule has 1 heterocycles. The molecule has 1 aromatic heterocycles. The number of likely N-dealkylation sites (N-methyl/N-ethyl adjacent to an activating group) is 1. The van der Waals surface area contributed by atoms with Crippen molar-refractivity contribution in [2.75, 3.05) is 26.0 Å². The van der Waals surface area contributed by atoms with Gasteiger partial charge in [0.2, 0.25) is 11.7 Å². The topological polar surface area (TPSA) is 87.3 Å². The lowest BCUT2D eigenvalue weighted by Crippen LogP contribution is -2.39. The zero-order valence-electron chi connectivity index (χ0n) is 11.0. The van der Waals surface area contributed by atoms with Crippen molar-refractivity contribution in [3.63, 3.8) is 0 Å². The Morgan fingerprint density at radius 1 is 1.67 bits per heavy atom. The number of carbonyl (C=O) groups is 1. The highest BCUT2D eigenvalue weighted by atomic mass is 16.5. The maximum absolute atomic E-state index is 11.9. The average molecular weight is 254 g/mol. The van der Waals surface area contributed by atoms with Crippen molar-refractivity contribution in [1.29, 1.82) is 0 Å². The van der Waals surface area contributed by atoms with Crippen LogP contribution in [0.15, 0.2) is 11.1 Å². The highest BCUT2D eigenvalue weighted by molar-refractivity contribution is 5.84. The Morgan fingerprint density at radius 3 is 2.89 bits per heavy atom. The van der Waals surface area contributed by atoms with Crippen LogP contribution in [0.1, 0.15) is 13.8 Å². The zero-order chi connectivity index (χ0) is 13.7. The number of aromatic nitrogens is 2. The Kier molecular flexibility index (Phi) is 4.70. The molecular weight excluding hydrogens is 236 g/mol. The number of amides is 1. The number of carbonyl (C=O) groups excluding carboxylic acids is 1. The molecule has 1 aromatic rings. The van der Waals surface area contributed by atoms with Gasteiger partial charge in [-0.2, -0.15) is 0 Å². The summed E-state index contributed by atoms with van der Waals surface area (Å²) < 4.78 is 4.95. The van der Waals surface area contributed by atoms with Crippen LogP contribution in [-0.4, -0.2) is 47.5 Å². The monoisotopic (exact) mass is 254 g/mol. The predicted molar refractivity (Wildman–Crippen MR) is 67.8 cm³/mol. The summed E-state index contributed by atoms with van der Waals surface area (Å²) in [5.41, 5.74) is -0.390. The van der Waals surface area contributed by atoms with Crippen LogP contribution in [0.4, 0.5) is 5.82 Å². The van der Waals surface area contributed by atoms with Crippen LogP contribution in [0.25, 0.3) is 0 Å². The Balaban J connectivity index is 2.88. The minimum atomic E-state index is -0.488. The van der Waals surface area contributed by atoms with Gasteiger partial charge in [0, 0.05) is 13.6 Å². The summed E-state index contributed by atoms with van der Waals surface area (Å²) in [4.78, 5) is 31.3. The van der Waals surface area contributed by atoms with Gasteiger partial charge >= 0.3 is 0 Å². The number of hydrogen-bond acceptors (Lipinski definition) is 5. The molecule has 0 spiro atoms. The fourth-order valence-corrected chi connectivity index (χ4v) is 1.43. The highest BCUT2D eigenvalue weighted by Crippen LogP contribution is 2.15. The SMILES string of the molecule is CCN(C)C(=O)C(C)Nc1nc[nH]c(=O)c1OC. The lowest BCUT2D eigenvalue weighted by Gasteiger charge is -2.21. The molecule has 0 aromatic carbocycles. The third-order valence-electron chi connectivity index (χ3n) is 2.59. The van der Waals surface area contributed by atoms with Gasteiger partial charge in [-0.1, -0.05) is 0 Å². The highest BCUT2D eigenvalue weighted by Gasteiger charge is 2.19. The molecule has 0 aliphatic carbocycles. The minimum absolute atomic E-state index is 0.0660. The second-order valence-electron chi connectivity index (χ2n) is 3.83. The first-order valence-corrected chi connectivity index (χ1v) is 5.64. The molecule has 0 saturated heterocycles. The number of rotatable bonds is 5. The van der Waals surface area contributed by atoms with Crippen molar-refractivity contribution < 1.29 is 9.53 Å². The van der Waals surface area contributed by atoms with Gasteiger partial charge in [0.05, 0.1) is 13.4 Å². The third kappa shape index (κ3) is 2.99. The molecule has 2 N–H and O–H groups in total. The molecule has 18 heavy (non-hydrogen) atoms. The van der Waals surface area contributed by atoms with Gasteiger partial charge in [0.15, 0.2) is 5.82 Å². The molecule has 7 heteroatoms. The van der Waals surface area contributed by atoms with Crippen LogP contribution in [0.5, 0.6) is 5.75 Å². The molecule has 0 aliphatic rings. The number of methoxy groups -OCH3 is 1. The summed E-state index contributed by atoms with van der Waals surface area (Å²) in [6.45, 7) is 4.21. The fraction of sp³-hybridized carbons (Fsp3) is 0.545. The Bertz CT molecular complexity index is 472. The predicted octanol–water partition coefficient (Wildman–Crippen LogP) is 0.0572. The number of nitrogens with zero attached hydrogens (tertiary/aromatic N) is 2. The summed E-state index contributed by atoms with van der Waals surface area (Å²) in [6, 6.07) is -0.488. The van der Waals surface area contributed by atoms with Crippen LogP contribution < -0.4 is 15.6 Å². The van der Waals surface area contributed by atoms with E-state index in [1.54, 1.807) is 18.9 Å². The first kappa shape index (κ1) is 14.0. The number of ether oxygens (including phenoxy) is 1. The smallest absolute Gasteiger partial charge is 0.295 e. The second-order valence-corrected chi connectivity index (χ2v) is 3.83. The standard InChI is InChI=1S/C11H18N4O3/c1-5-15(3)11(17)7(2)14-9-8(18-4)10(16)13-6-12-9/h6-7H,5H2,1-4H3,(H2,12,13,14,16). The summed E-state index contributed by atoms with van der Waals surface area (Å²) in [7, 11) is 3.09. The largest absolute Gasteiger partial charge is 0.489 e. The van der Waals surface area contributed by atoms with Crippen molar-refractivity contribution >= 4 is 11.7 Å². The van der Waals surface area contributed by atoms with Crippen LogP contribution >= 0.6 is 0 Å². The van der Waals surface area contributed by atoms with Crippen LogP contribution in [0.2, 0.25) is 0 Å². The maximum Gasteiger partial charge on any atom is 0.295 e. The summed E-state index contributed by atoms with van der Waals surface area (Å²) in [5, 5.41) is 2.87. The lowest BCUT2D eigenvalue weighted by molar-refractivity contribution is -0.130. The number of aromatic amines is 1. The quantitative estimate of drug-likeness (QED) is 0.775. The van der Waals surface area contributed by atoms with Gasteiger partial charge < -0.3 is 19.9 Å². The molecule has 1 atom stereocenters. The van der Waals surface area contributed by atoms with Crippen LogP contribution in [-0.2, 0) is 4.79 Å². The number of nitrogens with one attached hydrogen (secondary N) is 2. The summed E-state index contributed by atoms with van der Waals surface area (Å²) >= 11 is 0. The lowest BCUT2D eigenvalue weighted by atomic mass is 10.3. The maximum atomic E-state index is 11.9. The molecule has 7 nitrogen and oxygen atoms in total. The van der Waals surface area contributed by atoms with Gasteiger partial charge in [-0.15, -0.1) is 0 Å². The Morgan fingerprint density at radius 2 is 2.33 bits per heavy atom. The molecule has 0 fully saturated rings. The van der Waals surface area contributed by atoms with Crippen molar-refractivity contribution in [3.8, 4) is 5.75 Å². The summed E-state index contributed by atoms with van der Waals surface area (Å²) in [5.74, 6) is 0.240. The normalized spacial score (nSPS) is 11.8. The van der Waals surface area contributed by atoms with E-state index in [0.717, 1.165) is 0 Å². The van der Waals surface area contributed by atoms with E-state index in [9.17, 15) is 9.59 Å². The van der Waals surface area contributed by atoms with Crippen molar-refractivity contribution in [2.24, 2.45) is 0 Å². The van der Waals surface area contributed by atoms with Crippen LogP contribution in [0.3, 0.4) is 0 Å². The van der Waals surface area contributed by atoms with Gasteiger partial charge in [0.25, 0.3) is 5.56 Å². The zero-order valence-corrected chi connectivity index (χ0v) is 11.0. The van der Waals surface area contributed by atoms with Gasteiger partial charge in [0.1, 0.15) is 6.04 Å². The molecule has 0 aliphatic heterocycles. The van der Waals surface area contributed by atoms with E-state index in [1.807, 2.05) is 6.92 Å². The third-order valence-corrected chi connectivity index (χ3v) is 2.59. The molecule has 1 rings (SSSR count). The van der Waals surface area contributed by atoms with Gasteiger partial charge in [-0.25, -0.2) is 4.98 Å². The van der Waals surface area contributed by atoms with Gasteiger partial charge in [-0.05, 0) is 13.8 Å². The van der Waals surface area contributed by atoms with E-state index in [2.05, 4.69) is 15.3 Å². The van der Waals surface area contributed by atoms with Crippen molar-refractivity contribution in [2.45, 2.75) is 19.9 Å². The molecule has 1 unspecified atom stereocenters. The van der Waals surface area contributed by atoms with E-state index >= 15 is 0 Å². The van der Waals surface area contributed by atoms with E-state index in [0.29, 0.717) is 6.54 Å².